The first-order valence-electron chi connectivity index (χ1n) is 16.1. The number of hydrogen-bond donors (Lipinski definition) is 4. The number of aryl methyl sites for hydroxylation is 1. The van der Waals surface area contributed by atoms with Crippen LogP contribution in [0.5, 0.6) is 0 Å². The molecule has 1 saturated heterocycles. The highest BCUT2D eigenvalue weighted by molar-refractivity contribution is 6.07. The summed E-state index contributed by atoms with van der Waals surface area (Å²) in [6.07, 6.45) is -2.22. The molecule has 3 heterocycles. The molecular weight excluding hydrogens is 661 g/mol. The van der Waals surface area contributed by atoms with E-state index in [9.17, 15) is 22.8 Å². The van der Waals surface area contributed by atoms with Gasteiger partial charge in [-0.05, 0) is 66.6 Å². The van der Waals surface area contributed by atoms with E-state index in [0.29, 0.717) is 23.4 Å². The van der Waals surface area contributed by atoms with Gasteiger partial charge in [0.1, 0.15) is 5.65 Å². The van der Waals surface area contributed by atoms with Crippen LogP contribution in [0.15, 0.2) is 97.7 Å². The first kappa shape index (κ1) is 36.3. The number of anilines is 2. The van der Waals surface area contributed by atoms with Crippen LogP contribution in [0.2, 0.25) is 0 Å². The fourth-order valence-corrected chi connectivity index (χ4v) is 5.59. The van der Waals surface area contributed by atoms with Crippen LogP contribution in [-0.2, 0) is 16.1 Å². The number of aliphatic carboxylic acids is 1. The Kier molecular flexibility index (Phi) is 11.2. The molecule has 1 aliphatic rings. The van der Waals surface area contributed by atoms with Crippen LogP contribution >= 0.6 is 0 Å². The van der Waals surface area contributed by atoms with Crippen LogP contribution in [0.4, 0.5) is 24.5 Å². The van der Waals surface area contributed by atoms with Gasteiger partial charge >= 0.3 is 12.1 Å². The second kappa shape index (κ2) is 15.7. The van der Waals surface area contributed by atoms with Crippen molar-refractivity contribution in [3.63, 3.8) is 0 Å². The Labute approximate surface area is 292 Å². The smallest absolute Gasteiger partial charge is 0.475 e. The largest absolute Gasteiger partial charge is 0.490 e. The highest BCUT2D eigenvalue weighted by Gasteiger charge is 2.38. The number of rotatable bonds is 8. The predicted molar refractivity (Wildman–Crippen MR) is 192 cm³/mol. The number of H-pyrrole nitrogens is 1. The van der Waals surface area contributed by atoms with E-state index in [2.05, 4.69) is 68.3 Å². The Balaban J connectivity index is 0.000000654. The lowest BCUT2D eigenvalue weighted by atomic mass is 9.96. The molecule has 10 nitrogen and oxygen atoms in total. The molecule has 0 bridgehead atoms. The highest BCUT2D eigenvalue weighted by atomic mass is 19.4. The molecule has 0 aliphatic carbocycles. The Morgan fingerprint density at radius 3 is 2.24 bits per heavy atom. The van der Waals surface area contributed by atoms with Crippen molar-refractivity contribution in [1.82, 2.24) is 20.2 Å². The molecule has 1 fully saturated rings. The fraction of sp³-hybridized carbons (Fsp3) is 0.211. The summed E-state index contributed by atoms with van der Waals surface area (Å²) in [5, 5.41) is 13.9. The van der Waals surface area contributed by atoms with Crippen molar-refractivity contribution in [3.8, 4) is 22.4 Å². The van der Waals surface area contributed by atoms with Crippen LogP contribution in [0.3, 0.4) is 0 Å². The van der Waals surface area contributed by atoms with E-state index in [1.165, 1.54) is 11.8 Å². The van der Waals surface area contributed by atoms with E-state index in [-0.39, 0.29) is 11.8 Å². The number of halogens is 3. The summed E-state index contributed by atoms with van der Waals surface area (Å²) in [5.74, 6) is -3.23. The number of nitrogens with one attached hydrogen (secondary N) is 3. The summed E-state index contributed by atoms with van der Waals surface area (Å²) < 4.78 is 31.7. The molecule has 13 heteroatoms. The van der Waals surface area contributed by atoms with Gasteiger partial charge < -0.3 is 30.5 Å². The predicted octanol–water partition coefficient (Wildman–Crippen LogP) is 6.64. The van der Waals surface area contributed by atoms with E-state index in [0.717, 1.165) is 65.1 Å². The van der Waals surface area contributed by atoms with Crippen LogP contribution in [0.1, 0.15) is 21.5 Å². The van der Waals surface area contributed by atoms with Crippen molar-refractivity contribution < 1.29 is 32.7 Å². The standard InChI is InChI=1S/C36H36N6O2.C2HF3O2/c1-4-32(43)39-31-21-27(11-10-24(31)2)33-30-20-28(36(44)38-22-25-8-6-5-7-9-25)23-37-35(30)40-34(33)26-12-14-29(15-13-26)42-18-16-41(3)17-19-42;3-2(4,5)1(6)7/h4-15,20-21,23H,1,16-19,22H2,2-3H3,(H,37,40)(H,38,44)(H,39,43);(H,6,7). The van der Waals surface area contributed by atoms with E-state index in [1.807, 2.05) is 61.5 Å². The molecule has 0 saturated carbocycles. The lowest BCUT2D eigenvalue weighted by molar-refractivity contribution is -0.192. The number of carboxylic acids is 1. The van der Waals surface area contributed by atoms with Crippen molar-refractivity contribution in [1.29, 1.82) is 0 Å². The van der Waals surface area contributed by atoms with Gasteiger partial charge in [-0.3, -0.25) is 9.59 Å². The highest BCUT2D eigenvalue weighted by Crippen LogP contribution is 2.40. The number of piperazine rings is 1. The number of hydrogen-bond acceptors (Lipinski definition) is 6. The summed E-state index contributed by atoms with van der Waals surface area (Å²) >= 11 is 0. The fourth-order valence-electron chi connectivity index (χ4n) is 5.59. The zero-order chi connectivity index (χ0) is 36.7. The van der Waals surface area contributed by atoms with Gasteiger partial charge in [-0.2, -0.15) is 13.2 Å². The molecule has 4 N–H and O–H groups in total. The van der Waals surface area contributed by atoms with Crippen molar-refractivity contribution in [3.05, 3.63) is 114 Å². The van der Waals surface area contributed by atoms with Crippen molar-refractivity contribution in [2.75, 3.05) is 43.4 Å². The van der Waals surface area contributed by atoms with Crippen LogP contribution in [-0.4, -0.2) is 77.2 Å². The summed E-state index contributed by atoms with van der Waals surface area (Å²) in [5.41, 5.74) is 8.69. The number of benzene rings is 3. The first-order chi connectivity index (χ1) is 24.3. The van der Waals surface area contributed by atoms with Gasteiger partial charge in [-0.1, -0.05) is 61.2 Å². The molecule has 6 rings (SSSR count). The molecule has 0 unspecified atom stereocenters. The van der Waals surface area contributed by atoms with Gasteiger partial charge in [0.15, 0.2) is 0 Å². The van der Waals surface area contributed by atoms with Crippen LogP contribution in [0.25, 0.3) is 33.4 Å². The van der Waals surface area contributed by atoms with Gasteiger partial charge in [0.05, 0.1) is 11.3 Å². The summed E-state index contributed by atoms with van der Waals surface area (Å²) in [7, 11) is 2.16. The minimum Gasteiger partial charge on any atom is -0.475 e. The number of aromatic nitrogens is 2. The Morgan fingerprint density at radius 1 is 0.961 bits per heavy atom. The Morgan fingerprint density at radius 2 is 1.61 bits per heavy atom. The number of nitrogens with zero attached hydrogens (tertiary/aromatic N) is 3. The lowest BCUT2D eigenvalue weighted by Crippen LogP contribution is -2.44. The monoisotopic (exact) mass is 698 g/mol. The molecule has 0 atom stereocenters. The van der Waals surface area contributed by atoms with Gasteiger partial charge in [-0.25, -0.2) is 9.78 Å². The number of carboxylic acid groups (broad SMARTS) is 1. The molecule has 3 aromatic carbocycles. The molecular formula is C38H37F3N6O4. The number of amides is 2. The Hall–Kier alpha value is -5.95. The molecule has 0 spiro atoms. The van der Waals surface area contributed by atoms with E-state index in [1.54, 1.807) is 6.20 Å². The second-order valence-electron chi connectivity index (χ2n) is 12.0. The minimum atomic E-state index is -5.08. The van der Waals surface area contributed by atoms with Crippen LogP contribution in [0, 0.1) is 6.92 Å². The summed E-state index contributed by atoms with van der Waals surface area (Å²) in [4.78, 5) is 47.3. The SMILES string of the molecule is C=CC(=O)Nc1cc(-c2c(-c3ccc(N4CCN(C)CC4)cc3)[nH]c3ncc(C(=O)NCc4ccccc4)cc23)ccc1C.O=C(O)C(F)(F)F. The number of fused-ring (bicyclic) bond motifs is 1. The average molecular weight is 699 g/mol. The number of pyridine rings is 1. The summed E-state index contributed by atoms with van der Waals surface area (Å²) in [6.45, 7) is 10.0. The zero-order valence-electron chi connectivity index (χ0n) is 28.1. The first-order valence-corrected chi connectivity index (χ1v) is 16.1. The minimum absolute atomic E-state index is 0.198. The number of aromatic amines is 1. The van der Waals surface area contributed by atoms with E-state index >= 15 is 0 Å². The zero-order valence-corrected chi connectivity index (χ0v) is 28.1. The number of carbonyl (C=O) groups excluding carboxylic acids is 2. The molecule has 0 radical (unpaired) electrons. The molecule has 51 heavy (non-hydrogen) atoms. The van der Waals surface area contributed by atoms with Gasteiger partial charge in [-0.15, -0.1) is 0 Å². The molecule has 2 amide bonds. The third kappa shape index (κ3) is 9.00. The van der Waals surface area contributed by atoms with Crippen molar-refractivity contribution in [2.24, 2.45) is 0 Å². The van der Waals surface area contributed by atoms with Gasteiger partial charge in [0, 0.05) is 61.2 Å². The topological polar surface area (TPSA) is 131 Å². The third-order valence-corrected chi connectivity index (χ3v) is 8.44. The third-order valence-electron chi connectivity index (χ3n) is 8.44. The molecule has 1 aliphatic heterocycles. The maximum Gasteiger partial charge on any atom is 0.490 e. The Bertz CT molecular complexity index is 2040. The summed E-state index contributed by atoms with van der Waals surface area (Å²) in [6, 6.07) is 26.3. The molecule has 2 aromatic heterocycles. The number of likely N-dealkylation sites (N-methyl/N-ethyl adjacent to an activating group) is 1. The molecule has 5 aromatic rings. The van der Waals surface area contributed by atoms with Crippen molar-refractivity contribution in [2.45, 2.75) is 19.6 Å². The van der Waals surface area contributed by atoms with E-state index in [4.69, 9.17) is 9.90 Å². The quantitative estimate of drug-likeness (QED) is 0.134. The van der Waals surface area contributed by atoms with Crippen LogP contribution < -0.4 is 15.5 Å². The molecule has 264 valence electrons. The second-order valence-corrected chi connectivity index (χ2v) is 12.0. The number of carbonyl (C=O) groups is 3. The van der Waals surface area contributed by atoms with Crippen molar-refractivity contribution >= 4 is 40.2 Å². The lowest BCUT2D eigenvalue weighted by Gasteiger charge is -2.34. The normalized spacial score (nSPS) is 13.2. The maximum absolute atomic E-state index is 13.2. The van der Waals surface area contributed by atoms with Gasteiger partial charge in [0.25, 0.3) is 5.91 Å². The van der Waals surface area contributed by atoms with E-state index < -0.39 is 12.1 Å². The number of alkyl halides is 3. The average Bonchev–Trinajstić information content (AvgIpc) is 3.51. The van der Waals surface area contributed by atoms with Gasteiger partial charge in [0.2, 0.25) is 5.91 Å². The maximum atomic E-state index is 13.2.